The first-order valence-electron chi connectivity index (χ1n) is 12.2. The third-order valence-corrected chi connectivity index (χ3v) is 6.76. The summed E-state index contributed by atoms with van der Waals surface area (Å²) in [6.07, 6.45) is 3.70. The normalized spacial score (nSPS) is 17.0. The van der Waals surface area contributed by atoms with Crippen molar-refractivity contribution in [3.8, 4) is 5.75 Å². The van der Waals surface area contributed by atoms with Crippen molar-refractivity contribution >= 4 is 28.9 Å². The van der Waals surface area contributed by atoms with Crippen molar-refractivity contribution in [2.24, 2.45) is 0 Å². The van der Waals surface area contributed by atoms with E-state index in [4.69, 9.17) is 4.74 Å². The molecule has 10 nitrogen and oxygen atoms in total. The number of benzene rings is 1. The zero-order valence-electron chi connectivity index (χ0n) is 20.2. The molecule has 0 spiro atoms. The summed E-state index contributed by atoms with van der Waals surface area (Å²) >= 11 is 0. The van der Waals surface area contributed by atoms with E-state index in [2.05, 4.69) is 21.8 Å². The van der Waals surface area contributed by atoms with Gasteiger partial charge in [0.1, 0.15) is 6.61 Å². The van der Waals surface area contributed by atoms with Gasteiger partial charge in [-0.3, -0.25) is 14.0 Å². The van der Waals surface area contributed by atoms with Gasteiger partial charge in [0.15, 0.2) is 11.3 Å². The lowest BCUT2D eigenvalue weighted by atomic mass is 10.1. The molecule has 10 heteroatoms. The molecule has 0 atom stereocenters. The van der Waals surface area contributed by atoms with Gasteiger partial charge in [0.2, 0.25) is 11.7 Å². The number of aromatic carboxylic acids is 1. The maximum absolute atomic E-state index is 13.7. The quantitative estimate of drug-likeness (QED) is 0.560. The minimum atomic E-state index is -1.36. The third-order valence-electron chi connectivity index (χ3n) is 6.76. The first-order chi connectivity index (χ1) is 17.4. The van der Waals surface area contributed by atoms with E-state index < -0.39 is 17.2 Å². The lowest BCUT2D eigenvalue weighted by Gasteiger charge is -2.35. The average molecular weight is 492 g/mol. The molecule has 2 saturated heterocycles. The van der Waals surface area contributed by atoms with Crippen LogP contribution in [0.4, 0.5) is 11.4 Å². The van der Waals surface area contributed by atoms with Gasteiger partial charge in [-0.05, 0) is 31.5 Å². The van der Waals surface area contributed by atoms with E-state index in [1.807, 2.05) is 36.4 Å². The van der Waals surface area contributed by atoms with Crippen LogP contribution in [0.5, 0.6) is 5.75 Å². The van der Waals surface area contributed by atoms with E-state index in [-0.39, 0.29) is 23.9 Å². The first-order valence-corrected chi connectivity index (χ1v) is 12.2. The fourth-order valence-electron chi connectivity index (χ4n) is 4.69. The lowest BCUT2D eigenvalue weighted by molar-refractivity contribution is -0.119. The number of carboxylic acid groups (broad SMARTS) is 1. The van der Waals surface area contributed by atoms with Gasteiger partial charge >= 0.3 is 11.5 Å². The van der Waals surface area contributed by atoms with Crippen molar-refractivity contribution in [3.05, 3.63) is 64.2 Å². The summed E-state index contributed by atoms with van der Waals surface area (Å²) in [5.41, 5.74) is 1.08. The Morgan fingerprint density at radius 1 is 1.06 bits per heavy atom. The number of carbonyl (C=O) groups excluding carboxylic acids is 1. The van der Waals surface area contributed by atoms with Crippen LogP contribution >= 0.6 is 0 Å². The summed E-state index contributed by atoms with van der Waals surface area (Å²) in [6, 6.07) is 11.1. The molecule has 0 bridgehead atoms. The van der Waals surface area contributed by atoms with Crippen LogP contribution in [0.25, 0.3) is 5.65 Å². The third kappa shape index (κ3) is 4.64. The standard InChI is InChI=1S/C26H29N5O5/c1-28-11-13-29(14-12-28)19-15-20(30-10-6-5-9-21(30)32)24-27-22(26(34)35)23(25(33)31(24)16-19)36-17-18-7-3-2-4-8-18/h2-4,7-8,15-16H,5-6,9-14,17H2,1H3,(H,34,35). The van der Waals surface area contributed by atoms with E-state index >= 15 is 0 Å². The smallest absolute Gasteiger partial charge is 0.358 e. The SMILES string of the molecule is CN1CCN(c2cc(N3CCCCC3=O)c3nc(C(=O)O)c(OCc4ccccc4)c(=O)n3c2)CC1. The van der Waals surface area contributed by atoms with Crippen LogP contribution in [0.2, 0.25) is 0 Å². The van der Waals surface area contributed by atoms with Crippen LogP contribution in [0.1, 0.15) is 35.3 Å². The Hall–Kier alpha value is -3.92. The van der Waals surface area contributed by atoms with Gasteiger partial charge in [0.05, 0.1) is 11.4 Å². The highest BCUT2D eigenvalue weighted by Crippen LogP contribution is 2.31. The van der Waals surface area contributed by atoms with Crippen molar-refractivity contribution in [2.45, 2.75) is 25.9 Å². The minimum Gasteiger partial charge on any atom is -0.481 e. The van der Waals surface area contributed by atoms with Gasteiger partial charge < -0.3 is 24.5 Å². The number of piperazine rings is 1. The maximum Gasteiger partial charge on any atom is 0.358 e. The number of hydrogen-bond donors (Lipinski definition) is 1. The van der Waals surface area contributed by atoms with Gasteiger partial charge in [-0.15, -0.1) is 0 Å². The lowest BCUT2D eigenvalue weighted by Crippen LogP contribution is -2.45. The Morgan fingerprint density at radius 3 is 2.50 bits per heavy atom. The number of amides is 1. The van der Waals surface area contributed by atoms with Gasteiger partial charge in [0, 0.05) is 45.3 Å². The molecule has 2 aliphatic rings. The summed E-state index contributed by atoms with van der Waals surface area (Å²) in [4.78, 5) is 49.1. The van der Waals surface area contributed by atoms with Gasteiger partial charge in [-0.2, -0.15) is 0 Å². The number of hydrogen-bond acceptors (Lipinski definition) is 7. The van der Waals surface area contributed by atoms with Crippen molar-refractivity contribution in [2.75, 3.05) is 49.6 Å². The van der Waals surface area contributed by atoms with Crippen molar-refractivity contribution in [1.29, 1.82) is 0 Å². The van der Waals surface area contributed by atoms with Crippen LogP contribution in [-0.2, 0) is 11.4 Å². The van der Waals surface area contributed by atoms with E-state index in [1.165, 1.54) is 4.40 Å². The summed E-state index contributed by atoms with van der Waals surface area (Å²) < 4.78 is 7.08. The molecule has 0 unspecified atom stereocenters. The van der Waals surface area contributed by atoms with E-state index in [9.17, 15) is 19.5 Å². The number of anilines is 2. The molecule has 0 saturated carbocycles. The number of nitrogens with zero attached hydrogens (tertiary/aromatic N) is 5. The van der Waals surface area contributed by atoms with E-state index in [0.717, 1.165) is 50.3 Å². The van der Waals surface area contributed by atoms with Crippen LogP contribution in [0, 0.1) is 0 Å². The second kappa shape index (κ2) is 9.98. The van der Waals surface area contributed by atoms with Crippen LogP contribution in [-0.4, -0.2) is 71.0 Å². The Kier molecular flexibility index (Phi) is 6.60. The average Bonchev–Trinajstić information content (AvgIpc) is 2.89. The fraction of sp³-hybridized carbons (Fsp3) is 0.385. The van der Waals surface area contributed by atoms with Crippen molar-refractivity contribution in [3.63, 3.8) is 0 Å². The summed E-state index contributed by atoms with van der Waals surface area (Å²) in [7, 11) is 2.06. The number of fused-ring (bicyclic) bond motifs is 1. The molecule has 1 amide bonds. The molecule has 2 aromatic heterocycles. The molecule has 5 rings (SSSR count). The largest absolute Gasteiger partial charge is 0.481 e. The van der Waals surface area contributed by atoms with Crippen molar-refractivity contribution < 1.29 is 19.4 Å². The summed E-state index contributed by atoms with van der Waals surface area (Å²) in [5, 5.41) is 9.90. The highest BCUT2D eigenvalue weighted by Gasteiger charge is 2.28. The Bertz CT molecular complexity index is 1350. The zero-order valence-corrected chi connectivity index (χ0v) is 20.2. The van der Waals surface area contributed by atoms with Gasteiger partial charge in [-0.1, -0.05) is 30.3 Å². The molecule has 2 aliphatic heterocycles. The molecule has 0 aliphatic carbocycles. The molecule has 3 aromatic rings. The van der Waals surface area contributed by atoms with Gasteiger partial charge in [-0.25, -0.2) is 9.78 Å². The molecule has 188 valence electrons. The minimum absolute atomic E-state index is 0.0275. The Labute approximate surface area is 208 Å². The monoisotopic (exact) mass is 491 g/mol. The molecule has 1 aromatic carbocycles. The number of carbonyl (C=O) groups is 2. The summed E-state index contributed by atoms with van der Waals surface area (Å²) in [5.74, 6) is -1.75. The number of rotatable bonds is 6. The maximum atomic E-state index is 13.7. The molecule has 36 heavy (non-hydrogen) atoms. The fourth-order valence-corrected chi connectivity index (χ4v) is 4.69. The molecular formula is C26H29N5O5. The highest BCUT2D eigenvalue weighted by atomic mass is 16.5. The number of piperidine rings is 1. The van der Waals surface area contributed by atoms with Crippen LogP contribution < -0.4 is 20.1 Å². The second-order valence-corrected chi connectivity index (χ2v) is 9.24. The number of likely N-dealkylation sites (N-methyl/N-ethyl adjacent to an activating group) is 1. The topological polar surface area (TPSA) is 108 Å². The molecule has 4 heterocycles. The Balaban J connectivity index is 1.66. The summed E-state index contributed by atoms with van der Waals surface area (Å²) in [6.45, 7) is 3.79. The van der Waals surface area contributed by atoms with Gasteiger partial charge in [0.25, 0.3) is 0 Å². The first kappa shape index (κ1) is 23.8. The molecule has 1 N–H and O–H groups in total. The van der Waals surface area contributed by atoms with Crippen LogP contribution in [0.3, 0.4) is 0 Å². The highest BCUT2D eigenvalue weighted by molar-refractivity contribution is 5.99. The number of aromatic nitrogens is 2. The number of pyridine rings is 1. The van der Waals surface area contributed by atoms with Crippen LogP contribution in [0.15, 0.2) is 47.4 Å². The van der Waals surface area contributed by atoms with Crippen molar-refractivity contribution in [1.82, 2.24) is 14.3 Å². The predicted molar refractivity (Wildman–Crippen MR) is 135 cm³/mol. The predicted octanol–water partition coefficient (Wildman–Crippen LogP) is 2.24. The number of carboxylic acids is 1. The second-order valence-electron chi connectivity index (χ2n) is 9.24. The van der Waals surface area contributed by atoms with E-state index in [1.54, 1.807) is 11.1 Å². The molecule has 0 radical (unpaired) electrons. The zero-order chi connectivity index (χ0) is 25.2. The molecular weight excluding hydrogens is 462 g/mol. The van der Waals surface area contributed by atoms with E-state index in [0.29, 0.717) is 18.7 Å². The molecule has 2 fully saturated rings. The number of ether oxygens (including phenoxy) is 1. The Morgan fingerprint density at radius 2 is 1.81 bits per heavy atom.